The molecular formula is C15H18N2O. The molecule has 1 aromatic heterocycles. The van der Waals surface area contributed by atoms with E-state index < -0.39 is 0 Å². The minimum atomic E-state index is 0.638. The van der Waals surface area contributed by atoms with E-state index in [-0.39, 0.29) is 0 Å². The van der Waals surface area contributed by atoms with Crippen LogP contribution in [0.4, 0.5) is 0 Å². The van der Waals surface area contributed by atoms with Crippen LogP contribution < -0.4 is 10.1 Å². The first-order valence-electron chi connectivity index (χ1n) is 6.52. The van der Waals surface area contributed by atoms with Crippen LogP contribution in [0.5, 0.6) is 5.75 Å². The van der Waals surface area contributed by atoms with E-state index in [0.29, 0.717) is 5.92 Å². The molecule has 3 nitrogen and oxygen atoms in total. The molecule has 3 rings (SSSR count). The summed E-state index contributed by atoms with van der Waals surface area (Å²) in [7, 11) is 0. The Morgan fingerprint density at radius 3 is 3.22 bits per heavy atom. The molecule has 1 aromatic rings. The van der Waals surface area contributed by atoms with Gasteiger partial charge in [-0.3, -0.25) is 4.98 Å². The van der Waals surface area contributed by atoms with Gasteiger partial charge in [0.25, 0.3) is 0 Å². The Morgan fingerprint density at radius 2 is 2.33 bits per heavy atom. The van der Waals surface area contributed by atoms with Gasteiger partial charge in [-0.1, -0.05) is 12.7 Å². The van der Waals surface area contributed by atoms with Crippen LogP contribution in [0.15, 0.2) is 37.4 Å². The topological polar surface area (TPSA) is 34.1 Å². The third-order valence-electron chi connectivity index (χ3n) is 3.91. The van der Waals surface area contributed by atoms with Crippen LogP contribution in [0, 0.1) is 11.8 Å². The molecule has 94 valence electrons. The van der Waals surface area contributed by atoms with Gasteiger partial charge in [-0.25, -0.2) is 0 Å². The average molecular weight is 242 g/mol. The van der Waals surface area contributed by atoms with E-state index in [4.69, 9.17) is 4.74 Å². The van der Waals surface area contributed by atoms with Crippen molar-refractivity contribution in [2.45, 2.75) is 12.8 Å². The first-order valence-corrected chi connectivity index (χ1v) is 6.52. The van der Waals surface area contributed by atoms with E-state index in [2.05, 4.69) is 29.0 Å². The molecule has 1 saturated heterocycles. The molecule has 2 aliphatic rings. The van der Waals surface area contributed by atoms with Gasteiger partial charge in [0, 0.05) is 18.7 Å². The number of nitrogens with one attached hydrogen (secondary N) is 1. The van der Waals surface area contributed by atoms with Gasteiger partial charge in [0.2, 0.25) is 0 Å². The number of nitrogens with zero attached hydrogens (tertiary/aromatic N) is 1. The van der Waals surface area contributed by atoms with Gasteiger partial charge in [0.05, 0.1) is 12.5 Å². The zero-order valence-corrected chi connectivity index (χ0v) is 10.4. The van der Waals surface area contributed by atoms with Crippen LogP contribution in [0.25, 0.3) is 5.57 Å². The smallest absolute Gasteiger partial charge is 0.145 e. The summed E-state index contributed by atoms with van der Waals surface area (Å²) >= 11 is 0. The molecule has 0 unspecified atom stereocenters. The summed E-state index contributed by atoms with van der Waals surface area (Å²) in [5.41, 5.74) is 2.62. The predicted octanol–water partition coefficient (Wildman–Crippen LogP) is 2.62. The maximum Gasteiger partial charge on any atom is 0.145 e. The average Bonchev–Trinajstić information content (AvgIpc) is 2.87. The number of aromatic nitrogens is 1. The van der Waals surface area contributed by atoms with E-state index in [1.165, 1.54) is 30.2 Å². The number of hydrogen-bond donors (Lipinski definition) is 1. The highest BCUT2D eigenvalue weighted by Gasteiger charge is 2.32. The maximum atomic E-state index is 5.31. The Balaban J connectivity index is 1.91. The quantitative estimate of drug-likeness (QED) is 0.827. The number of pyridine rings is 1. The number of fused-ring (bicyclic) bond motifs is 1. The second-order valence-corrected chi connectivity index (χ2v) is 4.96. The van der Waals surface area contributed by atoms with Gasteiger partial charge in [0.15, 0.2) is 0 Å². The Hall–Kier alpha value is -1.61. The fourth-order valence-electron chi connectivity index (χ4n) is 3.07. The minimum absolute atomic E-state index is 0.638. The highest BCUT2D eigenvalue weighted by Crippen LogP contribution is 2.38. The lowest BCUT2D eigenvalue weighted by molar-refractivity contribution is 0.453. The molecular weight excluding hydrogens is 224 g/mol. The standard InChI is InChI=1S/C15H18N2O/c1-2-18-13-6-12(8-16-9-13)14-5-3-4-11-7-17-10-15(11)14/h2,5-6,8-9,11,15,17H,1,3-4,7,10H2/t11-,15+/m1/s1. The van der Waals surface area contributed by atoms with Gasteiger partial charge < -0.3 is 10.1 Å². The van der Waals surface area contributed by atoms with Crippen molar-refractivity contribution in [3.8, 4) is 5.75 Å². The van der Waals surface area contributed by atoms with E-state index in [0.717, 1.165) is 24.8 Å². The van der Waals surface area contributed by atoms with Crippen LogP contribution in [-0.2, 0) is 0 Å². The maximum absolute atomic E-state index is 5.31. The number of rotatable bonds is 3. The summed E-state index contributed by atoms with van der Waals surface area (Å²) in [4.78, 5) is 4.26. The van der Waals surface area contributed by atoms with Crippen molar-refractivity contribution in [1.29, 1.82) is 0 Å². The summed E-state index contributed by atoms with van der Waals surface area (Å²) in [6.45, 7) is 5.81. The highest BCUT2D eigenvalue weighted by atomic mass is 16.5. The van der Waals surface area contributed by atoms with Crippen LogP contribution in [0.2, 0.25) is 0 Å². The van der Waals surface area contributed by atoms with Gasteiger partial charge >= 0.3 is 0 Å². The fourth-order valence-corrected chi connectivity index (χ4v) is 3.07. The molecule has 3 heteroatoms. The Morgan fingerprint density at radius 1 is 1.39 bits per heavy atom. The minimum Gasteiger partial charge on any atom is -0.464 e. The molecule has 0 aromatic carbocycles. The van der Waals surface area contributed by atoms with E-state index in [9.17, 15) is 0 Å². The Kier molecular flexibility index (Phi) is 3.15. The molecule has 1 fully saturated rings. The molecule has 2 atom stereocenters. The summed E-state index contributed by atoms with van der Waals surface area (Å²) in [6.07, 6.45) is 9.93. The van der Waals surface area contributed by atoms with Crippen molar-refractivity contribution in [1.82, 2.24) is 10.3 Å². The largest absolute Gasteiger partial charge is 0.464 e. The monoisotopic (exact) mass is 242 g/mol. The predicted molar refractivity (Wildman–Crippen MR) is 72.1 cm³/mol. The van der Waals surface area contributed by atoms with Crippen LogP contribution in [0.1, 0.15) is 18.4 Å². The van der Waals surface area contributed by atoms with Crippen molar-refractivity contribution in [2.75, 3.05) is 13.1 Å². The lowest BCUT2D eigenvalue weighted by atomic mass is 9.78. The second-order valence-electron chi connectivity index (χ2n) is 4.96. The van der Waals surface area contributed by atoms with Gasteiger partial charge in [-0.15, -0.1) is 0 Å². The second kappa shape index (κ2) is 4.94. The molecule has 2 heterocycles. The first-order chi connectivity index (χ1) is 8.88. The van der Waals surface area contributed by atoms with Crippen LogP contribution in [0.3, 0.4) is 0 Å². The first kappa shape index (κ1) is 11.5. The Labute approximate surface area is 108 Å². The Bertz CT molecular complexity index is 481. The molecule has 1 aliphatic heterocycles. The van der Waals surface area contributed by atoms with Crippen molar-refractivity contribution < 1.29 is 4.74 Å². The van der Waals surface area contributed by atoms with Gasteiger partial charge in [-0.05, 0) is 42.5 Å². The molecule has 0 saturated carbocycles. The summed E-state index contributed by atoms with van der Waals surface area (Å²) in [6, 6.07) is 2.06. The normalized spacial score (nSPS) is 26.3. The molecule has 0 spiro atoms. The van der Waals surface area contributed by atoms with Gasteiger partial charge in [0.1, 0.15) is 5.75 Å². The van der Waals surface area contributed by atoms with Crippen molar-refractivity contribution in [2.24, 2.45) is 11.8 Å². The summed E-state index contributed by atoms with van der Waals surface area (Å²) in [5.74, 6) is 2.19. The molecule has 1 aliphatic carbocycles. The van der Waals surface area contributed by atoms with Crippen molar-refractivity contribution >= 4 is 5.57 Å². The SMILES string of the molecule is C=COc1cncc(C2=CCC[C@@H]3CNC[C@H]23)c1. The zero-order chi connectivity index (χ0) is 12.4. The highest BCUT2D eigenvalue weighted by molar-refractivity contribution is 5.69. The number of hydrogen-bond acceptors (Lipinski definition) is 3. The molecule has 0 radical (unpaired) electrons. The lowest BCUT2D eigenvalue weighted by Crippen LogP contribution is -2.17. The van der Waals surface area contributed by atoms with Crippen LogP contribution >= 0.6 is 0 Å². The van der Waals surface area contributed by atoms with Gasteiger partial charge in [-0.2, -0.15) is 0 Å². The third kappa shape index (κ3) is 2.06. The van der Waals surface area contributed by atoms with Crippen molar-refractivity contribution in [3.05, 3.63) is 42.9 Å². The summed E-state index contributed by atoms with van der Waals surface area (Å²) < 4.78 is 5.31. The fraction of sp³-hybridized carbons (Fsp3) is 0.400. The number of ether oxygens (including phenoxy) is 1. The molecule has 18 heavy (non-hydrogen) atoms. The number of allylic oxidation sites excluding steroid dienone is 1. The molecule has 1 N–H and O–H groups in total. The van der Waals surface area contributed by atoms with E-state index in [1.807, 2.05) is 6.20 Å². The lowest BCUT2D eigenvalue weighted by Gasteiger charge is -2.26. The zero-order valence-electron chi connectivity index (χ0n) is 10.4. The van der Waals surface area contributed by atoms with Crippen molar-refractivity contribution in [3.63, 3.8) is 0 Å². The third-order valence-corrected chi connectivity index (χ3v) is 3.91. The molecule has 0 amide bonds. The summed E-state index contributed by atoms with van der Waals surface area (Å²) in [5, 5.41) is 3.50. The van der Waals surface area contributed by atoms with Crippen LogP contribution in [-0.4, -0.2) is 18.1 Å². The van der Waals surface area contributed by atoms with E-state index >= 15 is 0 Å². The van der Waals surface area contributed by atoms with E-state index in [1.54, 1.807) is 6.20 Å². The molecule has 0 bridgehead atoms.